The monoisotopic (exact) mass is 467 g/mol. The van der Waals surface area contributed by atoms with Gasteiger partial charge in [-0.2, -0.15) is 0 Å². The van der Waals surface area contributed by atoms with Crippen LogP contribution in [0.4, 0.5) is 5.82 Å². The first kappa shape index (κ1) is 23.5. The third-order valence-corrected chi connectivity index (χ3v) is 7.48. The van der Waals surface area contributed by atoms with Gasteiger partial charge in [0.2, 0.25) is 11.8 Å². The van der Waals surface area contributed by atoms with E-state index in [9.17, 15) is 9.59 Å². The van der Waals surface area contributed by atoms with Gasteiger partial charge in [-0.15, -0.1) is 11.8 Å². The van der Waals surface area contributed by atoms with Crippen LogP contribution in [0.5, 0.6) is 0 Å². The number of hydrogen-bond donors (Lipinski definition) is 1. The van der Waals surface area contributed by atoms with Gasteiger partial charge in [-0.25, -0.2) is 4.98 Å². The number of carbonyl (C=O) groups excluding carboxylic acids is 2. The maximum Gasteiger partial charge on any atom is 0.222 e. The van der Waals surface area contributed by atoms with Gasteiger partial charge in [-0.05, 0) is 57.1 Å². The predicted molar refractivity (Wildman–Crippen MR) is 132 cm³/mol. The van der Waals surface area contributed by atoms with Crippen LogP contribution in [-0.2, 0) is 16.0 Å². The summed E-state index contributed by atoms with van der Waals surface area (Å²) in [5.74, 6) is 1.17. The lowest BCUT2D eigenvalue weighted by Crippen LogP contribution is -2.50. The Balaban J connectivity index is 1.34. The Morgan fingerprint density at radius 2 is 1.88 bits per heavy atom. The molecule has 1 aromatic carbocycles. The van der Waals surface area contributed by atoms with E-state index in [2.05, 4.69) is 50.7 Å². The lowest BCUT2D eigenvalue weighted by Gasteiger charge is -2.37. The third-order valence-electron chi connectivity index (χ3n) is 6.74. The molecule has 1 aromatic heterocycles. The lowest BCUT2D eigenvalue weighted by molar-refractivity contribution is -0.132. The molecule has 2 aromatic rings. The largest absolute Gasteiger partial charge is 0.352 e. The van der Waals surface area contributed by atoms with E-state index in [0.717, 1.165) is 43.1 Å². The molecule has 2 amide bonds. The molecule has 4 rings (SSSR count). The first-order chi connectivity index (χ1) is 15.9. The van der Waals surface area contributed by atoms with Crippen molar-refractivity contribution in [3.63, 3.8) is 0 Å². The Labute approximate surface area is 200 Å². The minimum Gasteiger partial charge on any atom is -0.352 e. The van der Waals surface area contributed by atoms with Crippen LogP contribution in [0.25, 0.3) is 0 Å². The summed E-state index contributed by atoms with van der Waals surface area (Å²) < 4.78 is 0. The normalized spacial score (nSPS) is 20.8. The van der Waals surface area contributed by atoms with Crippen LogP contribution in [0, 0.1) is 13.8 Å². The first-order valence-corrected chi connectivity index (χ1v) is 12.9. The molecule has 1 N–H and O–H groups in total. The van der Waals surface area contributed by atoms with Crippen LogP contribution >= 0.6 is 11.8 Å². The fraction of sp³-hybridized carbons (Fsp3) is 0.520. The Hall–Kier alpha value is -2.61. The smallest absolute Gasteiger partial charge is 0.222 e. The van der Waals surface area contributed by atoms with E-state index in [0.29, 0.717) is 32.4 Å². The number of piperazine rings is 1. The summed E-state index contributed by atoms with van der Waals surface area (Å²) in [4.78, 5) is 39.6. The third kappa shape index (κ3) is 5.66. The number of nitrogens with one attached hydrogen (secondary N) is 1. The van der Waals surface area contributed by atoms with Gasteiger partial charge in [0.1, 0.15) is 5.82 Å². The molecule has 8 heteroatoms. The van der Waals surface area contributed by atoms with Crippen LogP contribution in [0.15, 0.2) is 35.4 Å². The second-order valence-corrected chi connectivity index (χ2v) is 10.0. The predicted octanol–water partition coefficient (Wildman–Crippen LogP) is 3.14. The minimum atomic E-state index is -0.330. The van der Waals surface area contributed by atoms with Gasteiger partial charge in [-0.1, -0.05) is 12.1 Å². The number of carbonyl (C=O) groups is 2. The van der Waals surface area contributed by atoms with Gasteiger partial charge in [0.25, 0.3) is 0 Å². The van der Waals surface area contributed by atoms with Gasteiger partial charge >= 0.3 is 0 Å². The Morgan fingerprint density at radius 3 is 2.52 bits per heavy atom. The van der Waals surface area contributed by atoms with Crippen LogP contribution in [0.2, 0.25) is 0 Å². The number of hydrogen-bond acceptors (Lipinski definition) is 6. The molecule has 176 valence electrons. The molecule has 0 saturated carbocycles. The summed E-state index contributed by atoms with van der Waals surface area (Å²) >= 11 is 1.72. The number of amides is 2. The van der Waals surface area contributed by atoms with E-state index in [1.54, 1.807) is 18.0 Å². The molecule has 1 unspecified atom stereocenters. The number of thioether (sulfide) groups is 1. The van der Waals surface area contributed by atoms with Gasteiger partial charge < -0.3 is 15.1 Å². The van der Waals surface area contributed by atoms with E-state index < -0.39 is 0 Å². The summed E-state index contributed by atoms with van der Waals surface area (Å²) in [6.45, 7) is 6.81. The first-order valence-electron chi connectivity index (χ1n) is 11.6. The second kappa shape index (κ2) is 10.1. The van der Waals surface area contributed by atoms with E-state index >= 15 is 0 Å². The van der Waals surface area contributed by atoms with E-state index in [1.807, 2.05) is 18.7 Å². The molecule has 2 aliphatic heterocycles. The van der Waals surface area contributed by atoms with Crippen molar-refractivity contribution in [2.75, 3.05) is 37.3 Å². The maximum absolute atomic E-state index is 13.0. The number of benzene rings is 1. The summed E-state index contributed by atoms with van der Waals surface area (Å²) in [5, 5.41) is 3.20. The van der Waals surface area contributed by atoms with E-state index in [-0.39, 0.29) is 17.4 Å². The van der Waals surface area contributed by atoms with Crippen molar-refractivity contribution in [1.29, 1.82) is 0 Å². The molecule has 2 aliphatic rings. The van der Waals surface area contributed by atoms with Crippen molar-refractivity contribution in [3.05, 3.63) is 47.4 Å². The zero-order valence-electron chi connectivity index (χ0n) is 19.8. The molecule has 1 atom stereocenters. The van der Waals surface area contributed by atoms with Gasteiger partial charge in [0.15, 0.2) is 0 Å². The molecule has 33 heavy (non-hydrogen) atoms. The molecule has 0 radical (unpaired) electrons. The quantitative estimate of drug-likeness (QED) is 0.631. The molecule has 0 spiro atoms. The highest BCUT2D eigenvalue weighted by atomic mass is 32.2. The van der Waals surface area contributed by atoms with Crippen LogP contribution in [-0.4, -0.2) is 64.7 Å². The molecule has 7 nitrogen and oxygen atoms in total. The highest BCUT2D eigenvalue weighted by Crippen LogP contribution is 2.30. The second-order valence-electron chi connectivity index (χ2n) is 9.14. The van der Waals surface area contributed by atoms with Crippen LogP contribution < -0.4 is 10.2 Å². The lowest BCUT2D eigenvalue weighted by atomic mass is 9.85. The average Bonchev–Trinajstić information content (AvgIpc) is 3.20. The number of nitrogens with zero attached hydrogens (tertiary/aromatic N) is 4. The molecular weight excluding hydrogens is 434 g/mol. The molecule has 0 bridgehead atoms. The number of rotatable bonds is 7. The topological polar surface area (TPSA) is 78.4 Å². The van der Waals surface area contributed by atoms with Crippen LogP contribution in [0.3, 0.4) is 0 Å². The molecule has 2 fully saturated rings. The minimum absolute atomic E-state index is 0.0893. The van der Waals surface area contributed by atoms with Crippen LogP contribution in [0.1, 0.15) is 42.6 Å². The van der Waals surface area contributed by atoms with Crippen molar-refractivity contribution < 1.29 is 9.59 Å². The maximum atomic E-state index is 13.0. The molecular formula is C25H33N5O2S. The fourth-order valence-corrected chi connectivity index (χ4v) is 5.22. The van der Waals surface area contributed by atoms with E-state index in [4.69, 9.17) is 0 Å². The Bertz CT molecular complexity index is 1000. The summed E-state index contributed by atoms with van der Waals surface area (Å²) in [5.41, 5.74) is 2.70. The molecule has 0 aliphatic carbocycles. The molecule has 3 heterocycles. The Kier molecular flexibility index (Phi) is 7.22. The summed E-state index contributed by atoms with van der Waals surface area (Å²) in [6.07, 6.45) is 7.05. The standard InChI is InChI=1S/C25H33N5O2S/c1-18-17-26-19(2)24(27-18)30-14-12-29(13-15-30)23(32)9-11-25(10-8-22(31)28-25)16-20-4-6-21(33-3)7-5-20/h4-7,17H,8-16H2,1-3H3,(H,28,31). The zero-order valence-corrected chi connectivity index (χ0v) is 20.6. The SMILES string of the molecule is CSc1ccc(CC2(CCC(=O)N3CCN(c4nc(C)cnc4C)CC3)CCC(=O)N2)cc1. The van der Waals surface area contributed by atoms with Gasteiger partial charge in [0, 0.05) is 55.7 Å². The number of aromatic nitrogens is 2. The van der Waals surface area contributed by atoms with Crippen molar-refractivity contribution in [2.45, 2.75) is 56.4 Å². The molecule has 2 saturated heterocycles. The average molecular weight is 468 g/mol. The summed E-state index contributed by atoms with van der Waals surface area (Å²) in [7, 11) is 0. The highest BCUT2D eigenvalue weighted by molar-refractivity contribution is 7.98. The number of aryl methyl sites for hydroxylation is 2. The summed E-state index contributed by atoms with van der Waals surface area (Å²) in [6, 6.07) is 8.51. The van der Waals surface area contributed by atoms with Gasteiger partial charge in [-0.3, -0.25) is 14.6 Å². The zero-order chi connectivity index (χ0) is 23.4. The van der Waals surface area contributed by atoms with Crippen molar-refractivity contribution in [2.24, 2.45) is 0 Å². The van der Waals surface area contributed by atoms with Gasteiger partial charge in [0.05, 0.1) is 11.4 Å². The van der Waals surface area contributed by atoms with Crippen molar-refractivity contribution in [3.8, 4) is 0 Å². The van der Waals surface area contributed by atoms with Crippen molar-refractivity contribution in [1.82, 2.24) is 20.2 Å². The number of anilines is 1. The van der Waals surface area contributed by atoms with E-state index in [1.165, 1.54) is 10.5 Å². The Morgan fingerprint density at radius 1 is 1.15 bits per heavy atom. The fourth-order valence-electron chi connectivity index (χ4n) is 4.81. The van der Waals surface area contributed by atoms with Crippen molar-refractivity contribution >= 4 is 29.4 Å². The highest BCUT2D eigenvalue weighted by Gasteiger charge is 2.38.